The highest BCUT2D eigenvalue weighted by Crippen LogP contribution is 2.22. The van der Waals surface area contributed by atoms with E-state index in [2.05, 4.69) is 35.1 Å². The molecule has 116 valence electrons. The highest BCUT2D eigenvalue weighted by atomic mass is 79.9. The Balaban J connectivity index is 2.56. The third kappa shape index (κ3) is 7.10. The SMILES string of the molecule is CC(C)CNCc1cc(OCC(=O)NC(N)=O)ccc1Br. The van der Waals surface area contributed by atoms with Crippen molar-refractivity contribution in [1.82, 2.24) is 10.6 Å². The third-order valence-electron chi connectivity index (χ3n) is 2.52. The molecule has 4 N–H and O–H groups in total. The first-order valence-electron chi connectivity index (χ1n) is 6.59. The molecule has 0 aliphatic carbocycles. The molecule has 0 saturated carbocycles. The molecule has 21 heavy (non-hydrogen) atoms. The summed E-state index contributed by atoms with van der Waals surface area (Å²) in [6.07, 6.45) is 0. The van der Waals surface area contributed by atoms with Gasteiger partial charge < -0.3 is 15.8 Å². The van der Waals surface area contributed by atoms with E-state index in [4.69, 9.17) is 10.5 Å². The Morgan fingerprint density at radius 1 is 1.38 bits per heavy atom. The number of primary amides is 1. The zero-order valence-electron chi connectivity index (χ0n) is 12.1. The minimum atomic E-state index is -0.891. The molecule has 1 aromatic rings. The van der Waals surface area contributed by atoms with Crippen molar-refractivity contribution < 1.29 is 14.3 Å². The number of carbonyl (C=O) groups excluding carboxylic acids is 2. The molecule has 0 aromatic heterocycles. The molecular formula is C14H20BrN3O3. The third-order valence-corrected chi connectivity index (χ3v) is 3.29. The molecule has 0 fully saturated rings. The van der Waals surface area contributed by atoms with Crippen LogP contribution in [-0.4, -0.2) is 25.1 Å². The van der Waals surface area contributed by atoms with Gasteiger partial charge in [0.25, 0.3) is 5.91 Å². The van der Waals surface area contributed by atoms with E-state index in [1.807, 2.05) is 17.4 Å². The van der Waals surface area contributed by atoms with Crippen molar-refractivity contribution in [2.75, 3.05) is 13.2 Å². The number of ether oxygens (including phenoxy) is 1. The van der Waals surface area contributed by atoms with Crippen LogP contribution in [0, 0.1) is 5.92 Å². The second-order valence-electron chi connectivity index (χ2n) is 4.98. The number of carbonyl (C=O) groups is 2. The lowest BCUT2D eigenvalue weighted by Gasteiger charge is -2.11. The molecule has 0 atom stereocenters. The Labute approximate surface area is 132 Å². The smallest absolute Gasteiger partial charge is 0.318 e. The topological polar surface area (TPSA) is 93.4 Å². The number of hydrogen-bond acceptors (Lipinski definition) is 4. The van der Waals surface area contributed by atoms with Crippen LogP contribution in [-0.2, 0) is 11.3 Å². The van der Waals surface area contributed by atoms with Gasteiger partial charge in [-0.3, -0.25) is 10.1 Å². The Hall–Kier alpha value is -1.60. The number of amides is 3. The van der Waals surface area contributed by atoms with Crippen molar-refractivity contribution in [2.24, 2.45) is 11.7 Å². The van der Waals surface area contributed by atoms with Crippen LogP contribution in [0.25, 0.3) is 0 Å². The van der Waals surface area contributed by atoms with Gasteiger partial charge in [-0.05, 0) is 36.2 Å². The maximum absolute atomic E-state index is 11.3. The molecule has 0 aliphatic rings. The second-order valence-corrected chi connectivity index (χ2v) is 5.83. The molecule has 0 saturated heterocycles. The monoisotopic (exact) mass is 357 g/mol. The maximum atomic E-state index is 11.3. The first kappa shape index (κ1) is 17.5. The summed E-state index contributed by atoms with van der Waals surface area (Å²) in [5, 5.41) is 5.27. The molecule has 0 aliphatic heterocycles. The summed E-state index contributed by atoms with van der Waals surface area (Å²) in [4.78, 5) is 21.8. The molecule has 0 spiro atoms. The van der Waals surface area contributed by atoms with Gasteiger partial charge in [-0.1, -0.05) is 29.8 Å². The van der Waals surface area contributed by atoms with Crippen molar-refractivity contribution in [2.45, 2.75) is 20.4 Å². The molecular weight excluding hydrogens is 338 g/mol. The summed E-state index contributed by atoms with van der Waals surface area (Å²) in [5.74, 6) is 0.546. The molecule has 0 heterocycles. The molecule has 0 unspecified atom stereocenters. The van der Waals surface area contributed by atoms with Gasteiger partial charge in [0.2, 0.25) is 0 Å². The number of rotatable bonds is 7. The van der Waals surface area contributed by atoms with Gasteiger partial charge in [0.05, 0.1) is 0 Å². The van der Waals surface area contributed by atoms with Gasteiger partial charge in [-0.15, -0.1) is 0 Å². The van der Waals surface area contributed by atoms with Crippen LogP contribution >= 0.6 is 15.9 Å². The fourth-order valence-corrected chi connectivity index (χ4v) is 1.98. The lowest BCUT2D eigenvalue weighted by molar-refractivity contribution is -0.121. The molecule has 1 rings (SSSR count). The first-order chi connectivity index (χ1) is 9.88. The van der Waals surface area contributed by atoms with Crippen LogP contribution in [0.2, 0.25) is 0 Å². The second kappa shape index (κ2) is 8.63. The number of nitrogens with two attached hydrogens (primary N) is 1. The number of halogens is 1. The predicted octanol–water partition coefficient (Wildman–Crippen LogP) is 1.77. The van der Waals surface area contributed by atoms with Crippen LogP contribution in [0.5, 0.6) is 5.75 Å². The molecule has 0 radical (unpaired) electrons. The van der Waals surface area contributed by atoms with E-state index < -0.39 is 11.9 Å². The van der Waals surface area contributed by atoms with E-state index in [1.54, 1.807) is 6.07 Å². The standard InChI is InChI=1S/C14H20BrN3O3/c1-9(2)6-17-7-10-5-11(3-4-12(10)15)21-8-13(19)18-14(16)20/h3-5,9,17H,6-8H2,1-2H3,(H3,16,18,19,20). The Morgan fingerprint density at radius 2 is 2.10 bits per heavy atom. The van der Waals surface area contributed by atoms with Gasteiger partial charge in [0.1, 0.15) is 5.75 Å². The van der Waals surface area contributed by atoms with Gasteiger partial charge in [-0.2, -0.15) is 0 Å². The van der Waals surface area contributed by atoms with E-state index in [0.29, 0.717) is 18.2 Å². The molecule has 1 aromatic carbocycles. The van der Waals surface area contributed by atoms with E-state index >= 15 is 0 Å². The van der Waals surface area contributed by atoms with Crippen molar-refractivity contribution in [3.05, 3.63) is 28.2 Å². The lowest BCUT2D eigenvalue weighted by atomic mass is 10.2. The molecule has 3 amide bonds. The van der Waals surface area contributed by atoms with Crippen molar-refractivity contribution >= 4 is 27.9 Å². The predicted molar refractivity (Wildman–Crippen MR) is 83.9 cm³/mol. The van der Waals surface area contributed by atoms with Gasteiger partial charge in [0.15, 0.2) is 6.61 Å². The zero-order chi connectivity index (χ0) is 15.8. The van der Waals surface area contributed by atoms with Crippen LogP contribution in [0.15, 0.2) is 22.7 Å². The summed E-state index contributed by atoms with van der Waals surface area (Å²) in [6.45, 7) is 5.63. The van der Waals surface area contributed by atoms with E-state index in [9.17, 15) is 9.59 Å². The number of urea groups is 1. The lowest BCUT2D eigenvalue weighted by Crippen LogP contribution is -2.38. The average molecular weight is 358 g/mol. The summed E-state index contributed by atoms with van der Waals surface area (Å²) < 4.78 is 6.29. The van der Waals surface area contributed by atoms with Crippen molar-refractivity contribution in [3.8, 4) is 5.75 Å². The van der Waals surface area contributed by atoms with Gasteiger partial charge >= 0.3 is 6.03 Å². The minimum absolute atomic E-state index is 0.260. The van der Waals surface area contributed by atoms with Crippen molar-refractivity contribution in [3.63, 3.8) is 0 Å². The highest BCUT2D eigenvalue weighted by molar-refractivity contribution is 9.10. The van der Waals surface area contributed by atoms with Crippen molar-refractivity contribution in [1.29, 1.82) is 0 Å². The molecule has 0 bridgehead atoms. The largest absolute Gasteiger partial charge is 0.484 e. The molecule has 7 heteroatoms. The summed E-state index contributed by atoms with van der Waals surface area (Å²) >= 11 is 3.47. The van der Waals surface area contributed by atoms with Crippen LogP contribution in [0.1, 0.15) is 19.4 Å². The number of hydrogen-bond donors (Lipinski definition) is 3. The number of imide groups is 1. The Morgan fingerprint density at radius 3 is 2.71 bits per heavy atom. The fraction of sp³-hybridized carbons (Fsp3) is 0.429. The highest BCUT2D eigenvalue weighted by Gasteiger charge is 2.07. The number of benzene rings is 1. The molecule has 6 nitrogen and oxygen atoms in total. The first-order valence-corrected chi connectivity index (χ1v) is 7.39. The zero-order valence-corrected chi connectivity index (χ0v) is 13.7. The average Bonchev–Trinajstić information content (AvgIpc) is 2.38. The van der Waals surface area contributed by atoms with Crippen LogP contribution in [0.3, 0.4) is 0 Å². The van der Waals surface area contributed by atoms with Crippen LogP contribution in [0.4, 0.5) is 4.79 Å². The van der Waals surface area contributed by atoms with E-state index in [0.717, 1.165) is 16.6 Å². The minimum Gasteiger partial charge on any atom is -0.484 e. The normalized spacial score (nSPS) is 10.5. The summed E-state index contributed by atoms with van der Waals surface area (Å²) in [6, 6.07) is 4.55. The van der Waals surface area contributed by atoms with Crippen LogP contribution < -0.4 is 21.1 Å². The summed E-state index contributed by atoms with van der Waals surface area (Å²) in [7, 11) is 0. The summed E-state index contributed by atoms with van der Waals surface area (Å²) in [5.41, 5.74) is 5.88. The Bertz CT molecular complexity index is 506. The van der Waals surface area contributed by atoms with E-state index in [1.165, 1.54) is 0 Å². The fourth-order valence-electron chi connectivity index (χ4n) is 1.59. The van der Waals surface area contributed by atoms with Gasteiger partial charge in [0, 0.05) is 11.0 Å². The quantitative estimate of drug-likeness (QED) is 0.693. The van der Waals surface area contributed by atoms with E-state index in [-0.39, 0.29) is 6.61 Å². The number of nitrogens with one attached hydrogen (secondary N) is 2. The Kier molecular flexibility index (Phi) is 7.18. The van der Waals surface area contributed by atoms with Gasteiger partial charge in [-0.25, -0.2) is 4.79 Å². The maximum Gasteiger partial charge on any atom is 0.318 e.